The highest BCUT2D eigenvalue weighted by molar-refractivity contribution is 7.98. The Balaban J connectivity index is 1.35. The van der Waals surface area contributed by atoms with Crippen molar-refractivity contribution in [3.8, 4) is 27.9 Å². The van der Waals surface area contributed by atoms with Crippen molar-refractivity contribution in [3.63, 3.8) is 0 Å². The van der Waals surface area contributed by atoms with E-state index in [0.29, 0.717) is 0 Å². The second-order valence-electron chi connectivity index (χ2n) is 14.0. The lowest BCUT2D eigenvalue weighted by molar-refractivity contribution is 0.660. The van der Waals surface area contributed by atoms with E-state index in [9.17, 15) is 0 Å². The zero-order valence-corrected chi connectivity index (χ0v) is 28.7. The van der Waals surface area contributed by atoms with Gasteiger partial charge in [-0.05, 0) is 86.2 Å². The number of nitrogens with zero attached hydrogens (tertiary/aromatic N) is 1. The Morgan fingerprint density at radius 1 is 0.510 bits per heavy atom. The van der Waals surface area contributed by atoms with Crippen LogP contribution in [0.25, 0.3) is 49.7 Å². The minimum absolute atomic E-state index is 0.0522. The monoisotopic (exact) mass is 645 g/mol. The van der Waals surface area contributed by atoms with Crippen LogP contribution in [0.4, 0.5) is 0 Å². The summed E-state index contributed by atoms with van der Waals surface area (Å²) in [7, 11) is 0. The molecule has 1 aliphatic carbocycles. The van der Waals surface area contributed by atoms with Gasteiger partial charge in [0, 0.05) is 21.1 Å². The van der Waals surface area contributed by atoms with Gasteiger partial charge >= 0.3 is 0 Å². The van der Waals surface area contributed by atoms with Gasteiger partial charge in [-0.2, -0.15) is 0 Å². The molecule has 49 heavy (non-hydrogen) atoms. The summed E-state index contributed by atoms with van der Waals surface area (Å²) in [5.74, 6) is 0. The van der Waals surface area contributed by atoms with Gasteiger partial charge in [0.05, 0.1) is 22.1 Å². The second-order valence-corrected chi connectivity index (χ2v) is 14.8. The minimum atomic E-state index is -0.550. The molecule has 8 aromatic rings. The first kappa shape index (κ1) is 28.7. The molecular weight excluding hydrogens is 611 g/mol. The van der Waals surface area contributed by atoms with Crippen molar-refractivity contribution in [1.82, 2.24) is 4.57 Å². The molecule has 0 radical (unpaired) electrons. The van der Waals surface area contributed by atoms with E-state index < -0.39 is 5.41 Å². The molecule has 0 saturated heterocycles. The largest absolute Gasteiger partial charge is 0.309 e. The summed E-state index contributed by atoms with van der Waals surface area (Å²) in [6.07, 6.45) is 2.21. The fourth-order valence-corrected chi connectivity index (χ4v) is 9.98. The number of fused-ring (bicyclic) bond motifs is 8. The highest BCUT2D eigenvalue weighted by Crippen LogP contribution is 2.57. The first-order valence-corrected chi connectivity index (χ1v) is 18.4. The fourth-order valence-electron chi connectivity index (χ4n) is 9.33. The summed E-state index contributed by atoms with van der Waals surface area (Å²) < 4.78 is 2.52. The topological polar surface area (TPSA) is 4.93 Å². The van der Waals surface area contributed by atoms with E-state index in [0.717, 1.165) is 0 Å². The van der Waals surface area contributed by atoms with Crippen molar-refractivity contribution in [2.45, 2.75) is 29.6 Å². The van der Waals surface area contributed by atoms with Gasteiger partial charge < -0.3 is 4.57 Å². The lowest BCUT2D eigenvalue weighted by atomic mass is 9.62. The molecule has 0 amide bonds. The Morgan fingerprint density at radius 2 is 1.14 bits per heavy atom. The number of hydrogen-bond acceptors (Lipinski definition) is 1. The lowest BCUT2D eigenvalue weighted by Crippen LogP contribution is -2.36. The predicted molar refractivity (Wildman–Crippen MR) is 207 cm³/mol. The summed E-state index contributed by atoms with van der Waals surface area (Å²) >= 11 is 1.83. The zero-order chi connectivity index (χ0) is 32.9. The first-order chi connectivity index (χ1) is 24.0. The molecule has 2 heterocycles. The molecule has 1 nitrogen and oxygen atoms in total. The number of hydrogen-bond donors (Lipinski definition) is 0. The van der Waals surface area contributed by atoms with E-state index in [2.05, 4.69) is 182 Å². The maximum Gasteiger partial charge on any atom is 0.0753 e. The Morgan fingerprint density at radius 3 is 2.02 bits per heavy atom. The Kier molecular flexibility index (Phi) is 6.05. The SMILES string of the molecule is CSc1ccccc1C1(c2cccc(-c3cccc4c3-c3ccccc3C4(C)C)c2)c2ccccc2-n2c3ccccc3c3cccc1c32. The van der Waals surface area contributed by atoms with E-state index in [1.165, 1.54) is 88.0 Å². The van der Waals surface area contributed by atoms with Crippen LogP contribution in [-0.2, 0) is 10.8 Å². The van der Waals surface area contributed by atoms with E-state index in [4.69, 9.17) is 0 Å². The molecule has 7 aromatic carbocycles. The molecule has 2 heteroatoms. The molecule has 0 bridgehead atoms. The smallest absolute Gasteiger partial charge is 0.0753 e. The fraction of sp³-hybridized carbons (Fsp3) is 0.106. The average Bonchev–Trinajstić information content (AvgIpc) is 3.62. The Labute approximate surface area is 291 Å². The van der Waals surface area contributed by atoms with Crippen LogP contribution < -0.4 is 0 Å². The molecule has 1 aliphatic heterocycles. The number of aromatic nitrogens is 1. The number of rotatable bonds is 4. The van der Waals surface area contributed by atoms with Crippen LogP contribution in [0.2, 0.25) is 0 Å². The van der Waals surface area contributed by atoms with Gasteiger partial charge in [0.15, 0.2) is 0 Å². The van der Waals surface area contributed by atoms with E-state index in [-0.39, 0.29) is 5.41 Å². The molecule has 1 aromatic heterocycles. The average molecular weight is 646 g/mol. The third-order valence-corrected chi connectivity index (χ3v) is 12.2. The number of thioether (sulfide) groups is 1. The summed E-state index contributed by atoms with van der Waals surface area (Å²) in [4.78, 5) is 1.29. The Hall–Kier alpha value is -5.31. The summed E-state index contributed by atoms with van der Waals surface area (Å²) in [5.41, 5.74) is 16.5. The molecule has 0 N–H and O–H groups in total. The maximum atomic E-state index is 2.52. The quantitative estimate of drug-likeness (QED) is 0.172. The Bertz CT molecular complexity index is 2640. The molecule has 1 atom stereocenters. The third kappa shape index (κ3) is 3.67. The van der Waals surface area contributed by atoms with Gasteiger partial charge in [-0.25, -0.2) is 0 Å². The van der Waals surface area contributed by atoms with Crippen LogP contribution in [0, 0.1) is 0 Å². The maximum absolute atomic E-state index is 2.52. The molecule has 0 spiro atoms. The molecule has 234 valence electrons. The van der Waals surface area contributed by atoms with E-state index >= 15 is 0 Å². The highest BCUT2D eigenvalue weighted by atomic mass is 32.2. The van der Waals surface area contributed by atoms with Gasteiger partial charge in [-0.1, -0.05) is 147 Å². The van der Waals surface area contributed by atoms with Crippen molar-refractivity contribution >= 4 is 33.6 Å². The van der Waals surface area contributed by atoms with Gasteiger partial charge in [0.1, 0.15) is 0 Å². The van der Waals surface area contributed by atoms with Crippen molar-refractivity contribution in [1.29, 1.82) is 0 Å². The molecule has 0 fully saturated rings. The molecule has 10 rings (SSSR count). The van der Waals surface area contributed by atoms with Crippen LogP contribution in [-0.4, -0.2) is 10.8 Å². The number of para-hydroxylation sites is 3. The van der Waals surface area contributed by atoms with Crippen LogP contribution in [0.15, 0.2) is 163 Å². The van der Waals surface area contributed by atoms with Crippen LogP contribution in [0.5, 0.6) is 0 Å². The lowest BCUT2D eigenvalue weighted by Gasteiger charge is -2.42. The van der Waals surface area contributed by atoms with Crippen LogP contribution >= 0.6 is 11.8 Å². The molecule has 2 aliphatic rings. The molecule has 1 unspecified atom stereocenters. The summed E-state index contributed by atoms with van der Waals surface area (Å²) in [6.45, 7) is 4.73. The van der Waals surface area contributed by atoms with Crippen LogP contribution in [0.1, 0.15) is 47.2 Å². The van der Waals surface area contributed by atoms with Gasteiger partial charge in [-0.3, -0.25) is 0 Å². The second kappa shape index (κ2) is 10.3. The zero-order valence-electron chi connectivity index (χ0n) is 27.9. The third-order valence-electron chi connectivity index (χ3n) is 11.4. The van der Waals surface area contributed by atoms with Gasteiger partial charge in [0.25, 0.3) is 0 Å². The van der Waals surface area contributed by atoms with E-state index in [1.54, 1.807) is 0 Å². The number of benzene rings is 7. The van der Waals surface area contributed by atoms with Crippen molar-refractivity contribution < 1.29 is 0 Å². The van der Waals surface area contributed by atoms with E-state index in [1.807, 2.05) is 11.8 Å². The summed E-state index contributed by atoms with van der Waals surface area (Å²) in [6, 6.07) is 59.4. The van der Waals surface area contributed by atoms with Crippen molar-refractivity contribution in [2.75, 3.05) is 6.26 Å². The van der Waals surface area contributed by atoms with Crippen molar-refractivity contribution in [2.24, 2.45) is 0 Å². The standard InChI is InChI=1S/C47H35NS/c1-46(2)36-21-6-4-18-35(36)44-32(19-13-24-39(44)46)30-15-12-16-31(29-30)47(38-23-8-11-28-43(38)49-3)37-22-7-10-27-42(37)48-41-26-9-5-17-33(41)34-20-14-25-40(47)45(34)48/h4-29H,1-3H3. The highest BCUT2D eigenvalue weighted by Gasteiger charge is 2.46. The van der Waals surface area contributed by atoms with Gasteiger partial charge in [-0.15, -0.1) is 11.8 Å². The van der Waals surface area contributed by atoms with Crippen molar-refractivity contribution in [3.05, 3.63) is 191 Å². The van der Waals surface area contributed by atoms with Crippen LogP contribution in [0.3, 0.4) is 0 Å². The summed E-state index contributed by atoms with van der Waals surface area (Å²) in [5, 5.41) is 2.59. The normalized spacial score (nSPS) is 16.8. The molecule has 0 saturated carbocycles. The first-order valence-electron chi connectivity index (χ1n) is 17.2. The van der Waals surface area contributed by atoms with Gasteiger partial charge in [0.2, 0.25) is 0 Å². The molecular formula is C47H35NS. The minimum Gasteiger partial charge on any atom is -0.309 e. The predicted octanol–water partition coefficient (Wildman–Crippen LogP) is 12.2.